The Morgan fingerprint density at radius 1 is 0.231 bits per heavy atom. The van der Waals surface area contributed by atoms with Gasteiger partial charge in [-0.2, -0.15) is 0 Å². The summed E-state index contributed by atoms with van der Waals surface area (Å²) in [5.74, 6) is 0. The lowest BCUT2D eigenvalue weighted by atomic mass is 10.0. The molecule has 0 atom stereocenters. The Labute approximate surface area is 318 Å². The second-order valence-corrected chi connectivity index (χ2v) is 37.0. The van der Waals surface area contributed by atoms with Crippen molar-refractivity contribution in [2.45, 2.75) is 226 Å². The van der Waals surface area contributed by atoms with E-state index in [0.717, 1.165) is 193 Å². The standard InChI is InChI=1S/C36H66F2O8Si6/c37-47(31-19-7-1-8-20-31)39-49(33-23-11-3-12-24-33)43-51(35-27-15-5-16-28-35)41-48(38,32-21-9-2-10-22-32)42-52(44-49,36-29-17-6-18-30-36)46-50(40-47,45-51)34-25-13-4-14-26-34/h31-36H,1-30H2. The Kier molecular flexibility index (Phi) is 11.5. The molecule has 52 heavy (non-hydrogen) atoms. The molecule has 0 aromatic rings. The van der Waals surface area contributed by atoms with Gasteiger partial charge in [-0.25, -0.2) is 8.22 Å². The minimum atomic E-state index is -4.53. The molecule has 6 aliphatic carbocycles. The molecule has 0 N–H and O–H groups in total. The molecular formula is C36H66F2O8Si6. The van der Waals surface area contributed by atoms with Crippen molar-refractivity contribution in [3.8, 4) is 0 Å². The van der Waals surface area contributed by atoms with Gasteiger partial charge in [0.05, 0.1) is 0 Å². The molecule has 0 aromatic carbocycles. The van der Waals surface area contributed by atoms with Crippen LogP contribution in [-0.4, -0.2) is 53.0 Å². The zero-order chi connectivity index (χ0) is 35.3. The van der Waals surface area contributed by atoms with Crippen LogP contribution < -0.4 is 0 Å². The quantitative estimate of drug-likeness (QED) is 0.194. The van der Waals surface area contributed by atoms with Crippen molar-refractivity contribution in [2.75, 3.05) is 0 Å². The highest BCUT2D eigenvalue weighted by molar-refractivity contribution is 7.00. The van der Waals surface area contributed by atoms with Gasteiger partial charge in [0.25, 0.3) is 0 Å². The number of rotatable bonds is 6. The van der Waals surface area contributed by atoms with Crippen LogP contribution >= 0.6 is 0 Å². The van der Waals surface area contributed by atoms with E-state index in [9.17, 15) is 0 Å². The van der Waals surface area contributed by atoms with Gasteiger partial charge >= 0.3 is 53.0 Å². The van der Waals surface area contributed by atoms with E-state index in [2.05, 4.69) is 0 Å². The SMILES string of the molecule is F[Si]1(C2CCCCC2)O[Si]2(C3CCCCC3)O[Si]3(C4CCCCC4)O[Si](F)(C4CCCCC4)O[Si](C4CCCCC4)(O2)O[Si](C2CCCCC2)(O1)O3. The predicted octanol–water partition coefficient (Wildman–Crippen LogP) is 11.7. The van der Waals surface area contributed by atoms with Gasteiger partial charge in [0.15, 0.2) is 0 Å². The molecule has 6 saturated carbocycles. The lowest BCUT2D eigenvalue weighted by molar-refractivity contribution is -0.0161. The molecule has 5 saturated heterocycles. The molecule has 16 heteroatoms. The van der Waals surface area contributed by atoms with Crippen molar-refractivity contribution >= 4 is 53.0 Å². The first-order valence-electron chi connectivity index (χ1n) is 22.3. The van der Waals surface area contributed by atoms with Gasteiger partial charge in [-0.3, -0.25) is 0 Å². The summed E-state index contributed by atoms with van der Waals surface area (Å²) in [4.78, 5) is 0. The second kappa shape index (κ2) is 15.5. The van der Waals surface area contributed by atoms with Crippen LogP contribution in [-0.2, 0) is 32.9 Å². The lowest BCUT2D eigenvalue weighted by Gasteiger charge is -2.63. The van der Waals surface area contributed by atoms with Gasteiger partial charge < -0.3 is 32.9 Å². The van der Waals surface area contributed by atoms with Crippen LogP contribution in [0, 0.1) is 0 Å². The highest BCUT2D eigenvalue weighted by Crippen LogP contribution is 2.62. The number of hydrogen-bond acceptors (Lipinski definition) is 8. The largest absolute Gasteiger partial charge is 0.528 e. The maximum Gasteiger partial charge on any atom is 0.528 e. The minimum absolute atomic E-state index is 0.119. The fourth-order valence-electron chi connectivity index (χ4n) is 11.9. The fraction of sp³-hybridized carbons (Fsp3) is 1.00. The van der Waals surface area contributed by atoms with E-state index in [0.29, 0.717) is 0 Å². The van der Waals surface area contributed by atoms with E-state index in [1.807, 2.05) is 0 Å². The Morgan fingerprint density at radius 3 is 0.596 bits per heavy atom. The van der Waals surface area contributed by atoms with Gasteiger partial charge in [-0.05, 0) is 77.0 Å². The zero-order valence-electron chi connectivity index (χ0n) is 31.7. The number of halogens is 2. The van der Waals surface area contributed by atoms with Crippen LogP contribution in [0.15, 0.2) is 0 Å². The van der Waals surface area contributed by atoms with Crippen LogP contribution in [0.2, 0.25) is 33.2 Å². The van der Waals surface area contributed by atoms with E-state index in [1.54, 1.807) is 0 Å². The van der Waals surface area contributed by atoms with Crippen LogP contribution in [0.4, 0.5) is 8.22 Å². The molecule has 0 spiro atoms. The van der Waals surface area contributed by atoms with E-state index in [4.69, 9.17) is 32.9 Å². The molecule has 0 amide bonds. The van der Waals surface area contributed by atoms with Crippen LogP contribution in [0.1, 0.15) is 193 Å². The second-order valence-electron chi connectivity index (χ2n) is 18.4. The van der Waals surface area contributed by atoms with Crippen LogP contribution in [0.3, 0.4) is 0 Å². The summed E-state index contributed by atoms with van der Waals surface area (Å²) in [5, 5.41) is 0. The fourth-order valence-corrected chi connectivity index (χ4v) is 49.4. The first-order valence-corrected chi connectivity index (χ1v) is 33.0. The third kappa shape index (κ3) is 7.16. The Morgan fingerprint density at radius 2 is 0.404 bits per heavy atom. The predicted molar refractivity (Wildman–Crippen MR) is 206 cm³/mol. The Hall–Kier alpha value is 0.841. The summed E-state index contributed by atoms with van der Waals surface area (Å²) < 4.78 is 99.1. The van der Waals surface area contributed by atoms with E-state index in [-0.39, 0.29) is 33.2 Å². The van der Waals surface area contributed by atoms with Crippen molar-refractivity contribution in [3.63, 3.8) is 0 Å². The molecule has 5 aliphatic heterocycles. The Balaban J connectivity index is 1.28. The molecule has 11 fully saturated rings. The number of hydrogen-bond donors (Lipinski definition) is 0. The molecule has 4 bridgehead atoms. The van der Waals surface area contributed by atoms with E-state index in [1.165, 1.54) is 0 Å². The summed E-state index contributed by atoms with van der Waals surface area (Å²) in [6, 6.07) is 0. The van der Waals surface area contributed by atoms with Crippen molar-refractivity contribution in [2.24, 2.45) is 0 Å². The lowest BCUT2D eigenvalue weighted by Crippen LogP contribution is -2.86. The highest BCUT2D eigenvalue weighted by atomic mass is 28.6. The highest BCUT2D eigenvalue weighted by Gasteiger charge is 2.84. The van der Waals surface area contributed by atoms with Gasteiger partial charge in [0, 0.05) is 33.2 Å². The molecule has 0 aromatic heterocycles. The van der Waals surface area contributed by atoms with Gasteiger partial charge in [-0.1, -0.05) is 116 Å². The van der Waals surface area contributed by atoms with E-state index >= 15 is 8.22 Å². The molecule has 11 aliphatic rings. The third-order valence-corrected chi connectivity index (χ3v) is 42.4. The molecule has 296 valence electrons. The van der Waals surface area contributed by atoms with Crippen molar-refractivity contribution in [3.05, 3.63) is 0 Å². The summed E-state index contributed by atoms with van der Waals surface area (Å²) >= 11 is 0. The first-order chi connectivity index (χ1) is 25.3. The van der Waals surface area contributed by atoms with Gasteiger partial charge in [0.2, 0.25) is 0 Å². The molecule has 11 rings (SSSR count). The number of fused-ring (bicyclic) bond motifs is 4. The normalized spacial score (nSPS) is 46.0. The summed E-state index contributed by atoms with van der Waals surface area (Å²) in [6.07, 6.45) is 28.5. The maximum atomic E-state index is 18.9. The monoisotopic (exact) mass is 832 g/mol. The topological polar surface area (TPSA) is 73.8 Å². The minimum Gasteiger partial charge on any atom is -0.373 e. The smallest absolute Gasteiger partial charge is 0.373 e. The van der Waals surface area contributed by atoms with Crippen LogP contribution in [0.25, 0.3) is 0 Å². The molecule has 8 nitrogen and oxygen atoms in total. The Bertz CT molecular complexity index is 1050. The molecule has 5 heterocycles. The van der Waals surface area contributed by atoms with Crippen molar-refractivity contribution in [1.82, 2.24) is 0 Å². The van der Waals surface area contributed by atoms with Gasteiger partial charge in [-0.15, -0.1) is 0 Å². The van der Waals surface area contributed by atoms with Crippen molar-refractivity contribution in [1.29, 1.82) is 0 Å². The summed E-state index contributed by atoms with van der Waals surface area (Å²) in [6.45, 7) is 0. The average Bonchev–Trinajstić information content (AvgIpc) is 3.18. The molecule has 0 radical (unpaired) electrons. The first kappa shape index (κ1) is 38.4. The molecule has 0 unspecified atom stereocenters. The maximum absolute atomic E-state index is 18.9. The van der Waals surface area contributed by atoms with E-state index < -0.39 is 53.0 Å². The summed E-state index contributed by atoms with van der Waals surface area (Å²) in [7, 11) is -25.4. The molecular weight excluding hydrogens is 767 g/mol. The third-order valence-electron chi connectivity index (χ3n) is 14.9. The zero-order valence-corrected chi connectivity index (χ0v) is 37.7. The van der Waals surface area contributed by atoms with Gasteiger partial charge in [0.1, 0.15) is 0 Å². The average molecular weight is 833 g/mol. The van der Waals surface area contributed by atoms with Crippen molar-refractivity contribution < 1.29 is 41.1 Å². The summed E-state index contributed by atoms with van der Waals surface area (Å²) in [5.41, 5.74) is -1.11. The van der Waals surface area contributed by atoms with Crippen LogP contribution in [0.5, 0.6) is 0 Å².